The molecule has 0 heterocycles. The SMILES string of the molecule is CC/C=C/C/C=C/C/C=C/CCCCCCCCCCCCC(=O)OCC(COCCC(C(=O)O)[N+](C)(C)C)OC(=O)CCCCCCC/C=C/C/C=C/C/C=C/C/C=C/CCCCC. The highest BCUT2D eigenvalue weighted by atomic mass is 16.6. The van der Waals surface area contributed by atoms with Crippen molar-refractivity contribution in [3.8, 4) is 0 Å². The molecule has 8 nitrogen and oxygen atoms in total. The highest BCUT2D eigenvalue weighted by Gasteiger charge is 2.31. The number of hydrogen-bond acceptors (Lipinski definition) is 6. The van der Waals surface area contributed by atoms with Crippen LogP contribution >= 0.6 is 0 Å². The first kappa shape index (κ1) is 61.5. The second-order valence-corrected chi connectivity index (χ2v) is 18.4. The first-order chi connectivity index (χ1) is 31.6. The smallest absolute Gasteiger partial charge is 0.362 e. The van der Waals surface area contributed by atoms with E-state index in [-0.39, 0.29) is 36.2 Å². The molecular formula is C57H98NO7+. The van der Waals surface area contributed by atoms with Crippen LogP contribution < -0.4 is 0 Å². The third-order valence-corrected chi connectivity index (χ3v) is 11.3. The number of unbranched alkanes of at least 4 members (excludes halogenated alkanes) is 18. The molecule has 2 unspecified atom stereocenters. The molecule has 372 valence electrons. The molecule has 0 saturated heterocycles. The van der Waals surface area contributed by atoms with Crippen molar-refractivity contribution in [2.45, 2.75) is 219 Å². The number of likely N-dealkylation sites (N-methyl/N-ethyl adjacent to an activating group) is 1. The van der Waals surface area contributed by atoms with Crippen LogP contribution in [0, 0.1) is 0 Å². The van der Waals surface area contributed by atoms with E-state index >= 15 is 0 Å². The first-order valence-corrected chi connectivity index (χ1v) is 26.1. The number of nitrogens with zero attached hydrogens (tertiary/aromatic N) is 1. The summed E-state index contributed by atoms with van der Waals surface area (Å²) in [6.45, 7) is 4.58. The van der Waals surface area contributed by atoms with Crippen LogP contribution in [0.3, 0.4) is 0 Å². The molecule has 0 fully saturated rings. The molecule has 0 radical (unpaired) electrons. The number of rotatable bonds is 46. The molecule has 0 aromatic rings. The lowest BCUT2D eigenvalue weighted by atomic mass is 10.1. The summed E-state index contributed by atoms with van der Waals surface area (Å²) in [5, 5.41) is 9.66. The quantitative estimate of drug-likeness (QED) is 0.0281. The van der Waals surface area contributed by atoms with Gasteiger partial charge >= 0.3 is 17.9 Å². The molecule has 8 heteroatoms. The fourth-order valence-corrected chi connectivity index (χ4v) is 7.27. The van der Waals surface area contributed by atoms with Crippen LogP contribution in [0.4, 0.5) is 0 Å². The molecule has 2 atom stereocenters. The zero-order valence-electron chi connectivity index (χ0n) is 42.4. The van der Waals surface area contributed by atoms with E-state index in [1.165, 1.54) is 77.0 Å². The van der Waals surface area contributed by atoms with Gasteiger partial charge in [0.05, 0.1) is 34.4 Å². The van der Waals surface area contributed by atoms with Crippen LogP contribution in [-0.4, -0.2) is 80.6 Å². The molecule has 65 heavy (non-hydrogen) atoms. The van der Waals surface area contributed by atoms with Gasteiger partial charge in [0.1, 0.15) is 6.61 Å². The van der Waals surface area contributed by atoms with E-state index in [0.29, 0.717) is 19.3 Å². The molecular weight excluding hydrogens is 811 g/mol. The summed E-state index contributed by atoms with van der Waals surface area (Å²) in [6, 6.07) is -0.624. The topological polar surface area (TPSA) is 99.1 Å². The standard InChI is InChI=1S/C57H97NO7/c1-6-8-10-12-14-16-18-20-22-24-26-28-30-32-34-36-38-40-42-44-46-48-56(60)65-53(51-63-50-49-54(57(61)62)58(3,4)5)52-64-55(59)47-45-43-41-39-37-35-33-31-29-27-25-23-21-19-17-15-13-11-9-7-2/h9,11,14-17,20-23,26,28,32,34,53-54H,6-8,10,12-13,18-19,24-25,27,29-31,33,35-52H2,1-5H3/p+1/b11-9+,16-14+,17-15+,22-20+,23-21+,28-26+,34-32+. The average Bonchev–Trinajstić information content (AvgIpc) is 3.27. The summed E-state index contributed by atoms with van der Waals surface area (Å²) >= 11 is 0. The molecule has 0 aliphatic carbocycles. The zero-order valence-corrected chi connectivity index (χ0v) is 42.4. The Morgan fingerprint density at radius 3 is 1.28 bits per heavy atom. The van der Waals surface area contributed by atoms with Crippen molar-refractivity contribution in [3.63, 3.8) is 0 Å². The van der Waals surface area contributed by atoms with Gasteiger partial charge in [0.2, 0.25) is 0 Å². The average molecular weight is 909 g/mol. The van der Waals surface area contributed by atoms with Crippen LogP contribution in [0.1, 0.15) is 206 Å². The summed E-state index contributed by atoms with van der Waals surface area (Å²) in [6.07, 6.45) is 62.0. The predicted octanol–water partition coefficient (Wildman–Crippen LogP) is 15.3. The molecule has 1 N–H and O–H groups in total. The van der Waals surface area contributed by atoms with E-state index in [9.17, 15) is 19.5 Å². The Balaban J connectivity index is 4.30. The molecule has 0 amide bonds. The Morgan fingerprint density at radius 1 is 0.477 bits per heavy atom. The Hall–Kier alpha value is -3.49. The molecule has 0 spiro atoms. The number of carbonyl (C=O) groups excluding carboxylic acids is 2. The maximum absolute atomic E-state index is 12.8. The summed E-state index contributed by atoms with van der Waals surface area (Å²) in [5.74, 6) is -1.50. The third-order valence-electron chi connectivity index (χ3n) is 11.3. The maximum Gasteiger partial charge on any atom is 0.362 e. The lowest BCUT2D eigenvalue weighted by Gasteiger charge is -2.31. The molecule has 0 rings (SSSR count). The van der Waals surface area contributed by atoms with Gasteiger partial charge in [0.15, 0.2) is 12.1 Å². The van der Waals surface area contributed by atoms with Crippen molar-refractivity contribution in [2.24, 2.45) is 0 Å². The largest absolute Gasteiger partial charge is 0.477 e. The number of carboxylic acid groups (broad SMARTS) is 1. The van der Waals surface area contributed by atoms with E-state index in [1.54, 1.807) is 0 Å². The Labute approximate surface area is 399 Å². The van der Waals surface area contributed by atoms with Crippen molar-refractivity contribution in [1.29, 1.82) is 0 Å². The monoisotopic (exact) mass is 909 g/mol. The van der Waals surface area contributed by atoms with Gasteiger partial charge < -0.3 is 23.8 Å². The van der Waals surface area contributed by atoms with Gasteiger partial charge in [0.25, 0.3) is 0 Å². The van der Waals surface area contributed by atoms with Crippen LogP contribution in [0.25, 0.3) is 0 Å². The highest BCUT2D eigenvalue weighted by molar-refractivity contribution is 5.72. The van der Waals surface area contributed by atoms with Crippen LogP contribution in [0.2, 0.25) is 0 Å². The predicted molar refractivity (Wildman–Crippen MR) is 275 cm³/mol. The lowest BCUT2D eigenvalue weighted by molar-refractivity contribution is -0.887. The van der Waals surface area contributed by atoms with Gasteiger partial charge in [-0.05, 0) is 89.9 Å². The summed E-state index contributed by atoms with van der Waals surface area (Å²) in [7, 11) is 5.52. The number of aliphatic carboxylic acids is 1. The minimum absolute atomic E-state index is 0.0481. The Kier molecular flexibility index (Phi) is 44.5. The van der Waals surface area contributed by atoms with Crippen molar-refractivity contribution in [1.82, 2.24) is 0 Å². The number of carboxylic acids is 1. The number of allylic oxidation sites excluding steroid dienone is 14. The van der Waals surface area contributed by atoms with Crippen LogP contribution in [0.5, 0.6) is 0 Å². The van der Waals surface area contributed by atoms with Crippen molar-refractivity contribution >= 4 is 17.9 Å². The second-order valence-electron chi connectivity index (χ2n) is 18.4. The van der Waals surface area contributed by atoms with Crippen LogP contribution in [0.15, 0.2) is 85.1 Å². The Morgan fingerprint density at radius 2 is 0.862 bits per heavy atom. The summed E-state index contributed by atoms with van der Waals surface area (Å²) < 4.78 is 17.3. The van der Waals surface area contributed by atoms with E-state index in [4.69, 9.17) is 14.2 Å². The lowest BCUT2D eigenvalue weighted by Crippen LogP contribution is -2.50. The third kappa shape index (κ3) is 45.5. The maximum atomic E-state index is 12.8. The number of ether oxygens (including phenoxy) is 3. The molecule has 0 saturated carbocycles. The minimum atomic E-state index is -0.881. The van der Waals surface area contributed by atoms with Gasteiger partial charge in [-0.2, -0.15) is 0 Å². The number of quaternary nitrogens is 1. The van der Waals surface area contributed by atoms with Crippen LogP contribution in [-0.2, 0) is 28.6 Å². The van der Waals surface area contributed by atoms with E-state index in [1.807, 2.05) is 21.1 Å². The molecule has 0 aromatic carbocycles. The van der Waals surface area contributed by atoms with Gasteiger partial charge in [0, 0.05) is 19.3 Å². The van der Waals surface area contributed by atoms with Gasteiger partial charge in [-0.15, -0.1) is 0 Å². The number of esters is 2. The zero-order chi connectivity index (χ0) is 47.7. The fourth-order valence-electron chi connectivity index (χ4n) is 7.27. The molecule has 0 aliphatic heterocycles. The molecule has 0 aromatic heterocycles. The summed E-state index contributed by atoms with van der Waals surface area (Å²) in [5.41, 5.74) is 0. The van der Waals surface area contributed by atoms with E-state index in [2.05, 4.69) is 98.9 Å². The van der Waals surface area contributed by atoms with E-state index in [0.717, 1.165) is 96.3 Å². The van der Waals surface area contributed by atoms with Crippen molar-refractivity contribution in [2.75, 3.05) is 41.0 Å². The Bertz CT molecular complexity index is 1330. The van der Waals surface area contributed by atoms with E-state index < -0.39 is 18.1 Å². The number of carbonyl (C=O) groups is 3. The normalized spacial score (nSPS) is 13.6. The van der Waals surface area contributed by atoms with Crippen molar-refractivity contribution in [3.05, 3.63) is 85.1 Å². The molecule has 0 aliphatic rings. The van der Waals surface area contributed by atoms with Crippen molar-refractivity contribution < 1.29 is 38.2 Å². The van der Waals surface area contributed by atoms with Gasteiger partial charge in [-0.1, -0.05) is 182 Å². The summed E-state index contributed by atoms with van der Waals surface area (Å²) in [4.78, 5) is 37.2. The van der Waals surface area contributed by atoms with Gasteiger partial charge in [-0.3, -0.25) is 9.59 Å². The molecule has 0 bridgehead atoms. The second kappa shape index (κ2) is 47.0. The number of hydrogen-bond donors (Lipinski definition) is 1. The minimum Gasteiger partial charge on any atom is -0.477 e. The van der Waals surface area contributed by atoms with Gasteiger partial charge in [-0.25, -0.2) is 4.79 Å². The first-order valence-electron chi connectivity index (χ1n) is 26.1. The highest BCUT2D eigenvalue weighted by Crippen LogP contribution is 2.14. The fraction of sp³-hybridized carbons (Fsp3) is 0.702.